The molecule has 0 fully saturated rings. The van der Waals surface area contributed by atoms with Crippen LogP contribution in [0.2, 0.25) is 5.15 Å². The first-order valence-electron chi connectivity index (χ1n) is 6.51. The number of carbonyl (C=O) groups is 1. The second-order valence-electron chi connectivity index (χ2n) is 4.72. The highest BCUT2D eigenvalue weighted by atomic mass is 35.5. The van der Waals surface area contributed by atoms with Crippen LogP contribution in [0.5, 0.6) is 0 Å². The molecule has 3 nitrogen and oxygen atoms in total. The van der Waals surface area contributed by atoms with Crippen LogP contribution in [0.15, 0.2) is 41.8 Å². The number of nitrogens with zero attached hydrogens (tertiary/aromatic N) is 1. The lowest BCUT2D eigenvalue weighted by Crippen LogP contribution is -2.23. The first kappa shape index (κ1) is 14.0. The molecular weight excluding hydrogens is 304 g/mol. The van der Waals surface area contributed by atoms with Gasteiger partial charge in [-0.15, -0.1) is 11.3 Å². The number of amides is 1. The van der Waals surface area contributed by atoms with Crippen molar-refractivity contribution in [3.63, 3.8) is 0 Å². The number of nitrogens with one attached hydrogen (secondary N) is 1. The molecule has 2 heterocycles. The molecule has 0 radical (unpaired) electrons. The minimum absolute atomic E-state index is 0.136. The minimum atomic E-state index is -0.136. The first-order valence-corrected chi connectivity index (χ1v) is 7.77. The Bertz CT molecular complexity index is 813. The van der Waals surface area contributed by atoms with Gasteiger partial charge in [-0.2, -0.15) is 0 Å². The molecule has 2 aromatic heterocycles. The SMILES string of the molecule is Cc1ccsc1CNC(=O)c1cc(Cl)nc2ccccc12. The van der Waals surface area contributed by atoms with Crippen LogP contribution < -0.4 is 5.32 Å². The summed E-state index contributed by atoms with van der Waals surface area (Å²) in [4.78, 5) is 17.8. The van der Waals surface area contributed by atoms with Gasteiger partial charge in [-0.25, -0.2) is 4.98 Å². The predicted octanol–water partition coefficient (Wildman–Crippen LogP) is 4.19. The number of carbonyl (C=O) groups excluding carboxylic acids is 1. The van der Waals surface area contributed by atoms with E-state index >= 15 is 0 Å². The number of hydrogen-bond acceptors (Lipinski definition) is 3. The van der Waals surface area contributed by atoms with Gasteiger partial charge in [-0.1, -0.05) is 29.8 Å². The van der Waals surface area contributed by atoms with E-state index in [4.69, 9.17) is 11.6 Å². The highest BCUT2D eigenvalue weighted by molar-refractivity contribution is 7.10. The van der Waals surface area contributed by atoms with Crippen molar-refractivity contribution in [2.24, 2.45) is 0 Å². The van der Waals surface area contributed by atoms with Crippen molar-refractivity contribution in [3.8, 4) is 0 Å². The topological polar surface area (TPSA) is 42.0 Å². The highest BCUT2D eigenvalue weighted by Crippen LogP contribution is 2.21. The van der Waals surface area contributed by atoms with Crippen molar-refractivity contribution < 1.29 is 4.79 Å². The zero-order valence-electron chi connectivity index (χ0n) is 11.4. The van der Waals surface area contributed by atoms with Crippen molar-refractivity contribution in [1.29, 1.82) is 0 Å². The van der Waals surface area contributed by atoms with Gasteiger partial charge >= 0.3 is 0 Å². The van der Waals surface area contributed by atoms with E-state index in [0.29, 0.717) is 17.3 Å². The van der Waals surface area contributed by atoms with Crippen LogP contribution in [0, 0.1) is 6.92 Å². The number of fused-ring (bicyclic) bond motifs is 1. The lowest BCUT2D eigenvalue weighted by Gasteiger charge is -2.08. The summed E-state index contributed by atoms with van der Waals surface area (Å²) in [5.41, 5.74) is 2.47. The maximum absolute atomic E-state index is 12.4. The van der Waals surface area contributed by atoms with Gasteiger partial charge in [-0.05, 0) is 36.1 Å². The Morgan fingerprint density at radius 1 is 1.33 bits per heavy atom. The number of benzene rings is 1. The number of pyridine rings is 1. The number of para-hydroxylation sites is 1. The fraction of sp³-hybridized carbons (Fsp3) is 0.125. The van der Waals surface area contributed by atoms with E-state index in [1.54, 1.807) is 17.4 Å². The van der Waals surface area contributed by atoms with Crippen LogP contribution in [-0.2, 0) is 6.54 Å². The second kappa shape index (κ2) is 5.84. The van der Waals surface area contributed by atoms with Gasteiger partial charge in [0.25, 0.3) is 5.91 Å². The zero-order chi connectivity index (χ0) is 14.8. The van der Waals surface area contributed by atoms with Gasteiger partial charge in [0.2, 0.25) is 0 Å². The summed E-state index contributed by atoms with van der Waals surface area (Å²) < 4.78 is 0. The fourth-order valence-corrected chi connectivity index (χ4v) is 3.22. The Morgan fingerprint density at radius 2 is 2.14 bits per heavy atom. The number of halogens is 1. The molecular formula is C16H13ClN2OS. The third-order valence-corrected chi connectivity index (χ3v) is 4.52. The van der Waals surface area contributed by atoms with E-state index in [1.165, 1.54) is 5.56 Å². The summed E-state index contributed by atoms with van der Waals surface area (Å²) in [5, 5.41) is 6.10. The summed E-state index contributed by atoms with van der Waals surface area (Å²) in [5.74, 6) is -0.136. The Kier molecular flexibility index (Phi) is 3.90. The number of thiophene rings is 1. The van der Waals surface area contributed by atoms with E-state index in [-0.39, 0.29) is 5.91 Å². The molecule has 0 bridgehead atoms. The van der Waals surface area contributed by atoms with Gasteiger partial charge in [0.1, 0.15) is 5.15 Å². The van der Waals surface area contributed by atoms with Crippen LogP contribution in [-0.4, -0.2) is 10.9 Å². The summed E-state index contributed by atoms with van der Waals surface area (Å²) in [6.07, 6.45) is 0. The molecule has 0 aliphatic heterocycles. The number of aromatic nitrogens is 1. The lowest BCUT2D eigenvalue weighted by molar-refractivity contribution is 0.0953. The van der Waals surface area contributed by atoms with E-state index in [9.17, 15) is 4.79 Å². The van der Waals surface area contributed by atoms with Gasteiger partial charge in [0, 0.05) is 10.3 Å². The van der Waals surface area contributed by atoms with Crippen LogP contribution >= 0.6 is 22.9 Å². The average Bonchev–Trinajstić information content (AvgIpc) is 2.89. The van der Waals surface area contributed by atoms with Crippen LogP contribution in [0.25, 0.3) is 10.9 Å². The molecule has 0 spiro atoms. The van der Waals surface area contributed by atoms with Crippen molar-refractivity contribution in [1.82, 2.24) is 10.3 Å². The van der Waals surface area contributed by atoms with Gasteiger partial charge < -0.3 is 5.32 Å². The molecule has 1 N–H and O–H groups in total. The van der Waals surface area contributed by atoms with Crippen molar-refractivity contribution in [2.75, 3.05) is 0 Å². The van der Waals surface area contributed by atoms with E-state index in [1.807, 2.05) is 42.6 Å². The van der Waals surface area contributed by atoms with E-state index in [2.05, 4.69) is 10.3 Å². The molecule has 106 valence electrons. The van der Waals surface area contributed by atoms with E-state index in [0.717, 1.165) is 15.8 Å². The molecule has 1 aromatic carbocycles. The normalized spacial score (nSPS) is 10.8. The van der Waals surface area contributed by atoms with Crippen LogP contribution in [0.3, 0.4) is 0 Å². The summed E-state index contributed by atoms with van der Waals surface area (Å²) >= 11 is 7.64. The molecule has 0 aliphatic rings. The quantitative estimate of drug-likeness (QED) is 0.736. The van der Waals surface area contributed by atoms with Crippen LogP contribution in [0.1, 0.15) is 20.8 Å². The Labute approximate surface area is 131 Å². The number of rotatable bonds is 3. The van der Waals surface area contributed by atoms with Crippen molar-refractivity contribution in [3.05, 3.63) is 62.9 Å². The average molecular weight is 317 g/mol. The predicted molar refractivity (Wildman–Crippen MR) is 87.0 cm³/mol. The molecule has 0 saturated carbocycles. The number of aryl methyl sites for hydroxylation is 1. The zero-order valence-corrected chi connectivity index (χ0v) is 13.0. The third kappa shape index (κ3) is 2.91. The maximum atomic E-state index is 12.4. The highest BCUT2D eigenvalue weighted by Gasteiger charge is 2.12. The van der Waals surface area contributed by atoms with Crippen molar-refractivity contribution in [2.45, 2.75) is 13.5 Å². The van der Waals surface area contributed by atoms with Gasteiger partial charge in [0.15, 0.2) is 0 Å². The van der Waals surface area contributed by atoms with Gasteiger partial charge in [0.05, 0.1) is 17.6 Å². The van der Waals surface area contributed by atoms with Crippen LogP contribution in [0.4, 0.5) is 0 Å². The van der Waals surface area contributed by atoms with Gasteiger partial charge in [-0.3, -0.25) is 4.79 Å². The smallest absolute Gasteiger partial charge is 0.252 e. The molecule has 0 atom stereocenters. The Hall–Kier alpha value is -1.91. The summed E-state index contributed by atoms with van der Waals surface area (Å²) in [7, 11) is 0. The summed E-state index contributed by atoms with van der Waals surface area (Å²) in [6.45, 7) is 2.56. The van der Waals surface area contributed by atoms with E-state index < -0.39 is 0 Å². The number of hydrogen-bond donors (Lipinski definition) is 1. The minimum Gasteiger partial charge on any atom is -0.347 e. The molecule has 21 heavy (non-hydrogen) atoms. The molecule has 0 saturated heterocycles. The second-order valence-corrected chi connectivity index (χ2v) is 6.11. The largest absolute Gasteiger partial charge is 0.347 e. The molecule has 0 aliphatic carbocycles. The monoisotopic (exact) mass is 316 g/mol. The fourth-order valence-electron chi connectivity index (χ4n) is 2.17. The molecule has 3 rings (SSSR count). The third-order valence-electron chi connectivity index (χ3n) is 3.31. The molecule has 5 heteroatoms. The lowest BCUT2D eigenvalue weighted by atomic mass is 10.1. The maximum Gasteiger partial charge on any atom is 0.252 e. The molecule has 3 aromatic rings. The molecule has 0 unspecified atom stereocenters. The summed E-state index contributed by atoms with van der Waals surface area (Å²) in [6, 6.07) is 11.2. The van der Waals surface area contributed by atoms with Crippen molar-refractivity contribution >= 4 is 39.7 Å². The standard InChI is InChI=1S/C16H13ClN2OS/c1-10-6-7-21-14(10)9-18-16(20)12-8-15(17)19-13-5-3-2-4-11(12)13/h2-8H,9H2,1H3,(H,18,20). The Morgan fingerprint density at radius 3 is 2.90 bits per heavy atom. The first-order chi connectivity index (χ1) is 10.1. The Balaban J connectivity index is 1.89. The molecule has 1 amide bonds.